The van der Waals surface area contributed by atoms with Crippen LogP contribution in [0.3, 0.4) is 0 Å². The van der Waals surface area contributed by atoms with E-state index in [2.05, 4.69) is 10.3 Å². The molecule has 0 aliphatic carbocycles. The number of carbonyl (C=O) groups excluding carboxylic acids is 1. The van der Waals surface area contributed by atoms with Gasteiger partial charge in [-0.3, -0.25) is 9.79 Å². The first-order valence-electron chi connectivity index (χ1n) is 7.25. The molecule has 1 aromatic carbocycles. The summed E-state index contributed by atoms with van der Waals surface area (Å²) < 4.78 is 5.30. The summed E-state index contributed by atoms with van der Waals surface area (Å²) in [5.41, 5.74) is 8.06. The highest BCUT2D eigenvalue weighted by molar-refractivity contribution is 14.0. The minimum absolute atomic E-state index is 0. The minimum atomic E-state index is 0. The van der Waals surface area contributed by atoms with Crippen LogP contribution in [0.1, 0.15) is 17.9 Å². The summed E-state index contributed by atoms with van der Waals surface area (Å²) in [4.78, 5) is 18.3. The fourth-order valence-electron chi connectivity index (χ4n) is 2.76. The molecule has 0 aromatic heterocycles. The number of nitrogens with one attached hydrogen (secondary N) is 1. The molecule has 1 unspecified atom stereocenters. The van der Waals surface area contributed by atoms with Gasteiger partial charge in [0.2, 0.25) is 5.91 Å². The SMILES string of the molecule is I.NC(=NCC1CC(=O)Nc2ccccc21)N1CCOCC1. The van der Waals surface area contributed by atoms with Gasteiger partial charge in [0.25, 0.3) is 0 Å². The first kappa shape index (κ1) is 17.0. The van der Waals surface area contributed by atoms with Gasteiger partial charge in [-0.15, -0.1) is 24.0 Å². The van der Waals surface area contributed by atoms with Gasteiger partial charge in [0.1, 0.15) is 0 Å². The topological polar surface area (TPSA) is 79.9 Å². The Morgan fingerprint density at radius 1 is 1.36 bits per heavy atom. The van der Waals surface area contributed by atoms with Crippen LogP contribution in [0.4, 0.5) is 5.69 Å². The third-order valence-corrected chi connectivity index (χ3v) is 3.92. The Kier molecular flexibility index (Phi) is 6.01. The molecule has 1 amide bonds. The highest BCUT2D eigenvalue weighted by Crippen LogP contribution is 2.31. The van der Waals surface area contributed by atoms with Crippen molar-refractivity contribution in [3.05, 3.63) is 29.8 Å². The fourth-order valence-corrected chi connectivity index (χ4v) is 2.76. The molecule has 2 aliphatic rings. The molecule has 2 heterocycles. The predicted molar refractivity (Wildman–Crippen MR) is 96.7 cm³/mol. The molecule has 3 N–H and O–H groups in total. The van der Waals surface area contributed by atoms with Gasteiger partial charge in [0.05, 0.1) is 19.8 Å². The second kappa shape index (κ2) is 7.77. The molecule has 1 saturated heterocycles. The smallest absolute Gasteiger partial charge is 0.225 e. The van der Waals surface area contributed by atoms with Gasteiger partial charge in [-0.05, 0) is 11.6 Å². The first-order valence-corrected chi connectivity index (χ1v) is 7.25. The Hall–Kier alpha value is -1.35. The number of rotatable bonds is 2. The van der Waals surface area contributed by atoms with Crippen LogP contribution in [0, 0.1) is 0 Å². The molecule has 0 saturated carbocycles. The molecule has 1 fully saturated rings. The monoisotopic (exact) mass is 416 g/mol. The summed E-state index contributed by atoms with van der Waals surface area (Å²) in [5, 5.41) is 2.90. The van der Waals surface area contributed by atoms with Crippen molar-refractivity contribution in [2.75, 3.05) is 38.2 Å². The molecule has 3 rings (SSSR count). The van der Waals surface area contributed by atoms with Crippen LogP contribution in [0.15, 0.2) is 29.3 Å². The van der Waals surface area contributed by atoms with Crippen molar-refractivity contribution in [1.82, 2.24) is 4.90 Å². The third-order valence-electron chi connectivity index (χ3n) is 3.92. The fraction of sp³-hybridized carbons (Fsp3) is 0.467. The van der Waals surface area contributed by atoms with Crippen LogP contribution < -0.4 is 11.1 Å². The van der Waals surface area contributed by atoms with Gasteiger partial charge >= 0.3 is 0 Å². The van der Waals surface area contributed by atoms with Crippen LogP contribution in [0.2, 0.25) is 0 Å². The molecule has 1 atom stereocenters. The summed E-state index contributed by atoms with van der Waals surface area (Å²) >= 11 is 0. The van der Waals surface area contributed by atoms with E-state index in [9.17, 15) is 4.79 Å². The molecule has 0 bridgehead atoms. The Morgan fingerprint density at radius 2 is 2.09 bits per heavy atom. The molecule has 0 spiro atoms. The summed E-state index contributed by atoms with van der Waals surface area (Å²) in [6.45, 7) is 3.46. The summed E-state index contributed by atoms with van der Waals surface area (Å²) in [7, 11) is 0. The van der Waals surface area contributed by atoms with Gasteiger partial charge in [-0.2, -0.15) is 0 Å². The highest BCUT2D eigenvalue weighted by Gasteiger charge is 2.24. The number of amides is 1. The number of ether oxygens (including phenoxy) is 1. The van der Waals surface area contributed by atoms with Gasteiger partial charge in [-0.1, -0.05) is 18.2 Å². The molecule has 22 heavy (non-hydrogen) atoms. The summed E-state index contributed by atoms with van der Waals surface area (Å²) in [6, 6.07) is 7.87. The second-order valence-corrected chi connectivity index (χ2v) is 5.33. The highest BCUT2D eigenvalue weighted by atomic mass is 127. The van der Waals surface area contributed by atoms with E-state index in [1.54, 1.807) is 0 Å². The quantitative estimate of drug-likeness (QED) is 0.434. The Morgan fingerprint density at radius 3 is 2.86 bits per heavy atom. The van der Waals surface area contributed by atoms with Crippen molar-refractivity contribution in [3.8, 4) is 0 Å². The largest absolute Gasteiger partial charge is 0.378 e. The van der Waals surface area contributed by atoms with E-state index in [-0.39, 0.29) is 35.8 Å². The minimum Gasteiger partial charge on any atom is -0.378 e. The number of anilines is 1. The number of halogens is 1. The molecular formula is C15H21IN4O2. The van der Waals surface area contributed by atoms with Crippen molar-refractivity contribution in [2.45, 2.75) is 12.3 Å². The number of fused-ring (bicyclic) bond motifs is 1. The van der Waals surface area contributed by atoms with Crippen LogP contribution in [0.5, 0.6) is 0 Å². The van der Waals surface area contributed by atoms with Crippen LogP contribution in [0.25, 0.3) is 0 Å². The number of carbonyl (C=O) groups is 1. The van der Waals surface area contributed by atoms with E-state index in [0.29, 0.717) is 32.1 Å². The van der Waals surface area contributed by atoms with Gasteiger partial charge < -0.3 is 20.7 Å². The zero-order valence-electron chi connectivity index (χ0n) is 12.3. The number of nitrogens with two attached hydrogens (primary N) is 1. The maximum Gasteiger partial charge on any atom is 0.225 e. The van der Waals surface area contributed by atoms with Crippen LogP contribution >= 0.6 is 24.0 Å². The lowest BCUT2D eigenvalue weighted by Gasteiger charge is -2.28. The second-order valence-electron chi connectivity index (χ2n) is 5.33. The Labute approximate surface area is 147 Å². The molecule has 2 aliphatic heterocycles. The number of benzene rings is 1. The van der Waals surface area contributed by atoms with Crippen molar-refractivity contribution in [3.63, 3.8) is 0 Å². The van der Waals surface area contributed by atoms with E-state index in [0.717, 1.165) is 24.3 Å². The van der Waals surface area contributed by atoms with E-state index < -0.39 is 0 Å². The molecule has 120 valence electrons. The standard InChI is InChI=1S/C15H20N4O2.HI/c16-15(19-5-7-21-8-6-19)17-10-11-9-14(20)18-13-4-2-1-3-12(11)13;/h1-4,11H,5-10H2,(H2,16,17)(H,18,20);1H. The van der Waals surface area contributed by atoms with Crippen molar-refractivity contribution in [2.24, 2.45) is 10.7 Å². The molecular weight excluding hydrogens is 395 g/mol. The number of hydrogen-bond acceptors (Lipinski definition) is 3. The lowest BCUT2D eigenvalue weighted by molar-refractivity contribution is -0.116. The number of aliphatic imine (C=N–C) groups is 1. The van der Waals surface area contributed by atoms with E-state index in [1.807, 2.05) is 29.2 Å². The summed E-state index contributed by atoms with van der Waals surface area (Å²) in [6.07, 6.45) is 0.455. The zero-order valence-corrected chi connectivity index (χ0v) is 14.7. The van der Waals surface area contributed by atoms with Gasteiger partial charge in [0, 0.05) is 31.1 Å². The lowest BCUT2D eigenvalue weighted by atomic mass is 9.91. The maximum absolute atomic E-state index is 11.8. The van der Waals surface area contributed by atoms with E-state index in [1.165, 1.54) is 0 Å². The molecule has 0 radical (unpaired) electrons. The van der Waals surface area contributed by atoms with Crippen LogP contribution in [-0.2, 0) is 9.53 Å². The zero-order chi connectivity index (χ0) is 14.7. The van der Waals surface area contributed by atoms with Crippen molar-refractivity contribution >= 4 is 41.5 Å². The van der Waals surface area contributed by atoms with Crippen LogP contribution in [-0.4, -0.2) is 49.6 Å². The number of hydrogen-bond donors (Lipinski definition) is 2. The van der Waals surface area contributed by atoms with Gasteiger partial charge in [0.15, 0.2) is 5.96 Å². The number of para-hydroxylation sites is 1. The first-order chi connectivity index (χ1) is 10.2. The van der Waals surface area contributed by atoms with E-state index >= 15 is 0 Å². The van der Waals surface area contributed by atoms with Crippen molar-refractivity contribution in [1.29, 1.82) is 0 Å². The number of nitrogens with zero attached hydrogens (tertiary/aromatic N) is 2. The Balaban J connectivity index is 0.00000176. The van der Waals surface area contributed by atoms with E-state index in [4.69, 9.17) is 10.5 Å². The Bertz CT molecular complexity index is 558. The molecule has 6 nitrogen and oxygen atoms in total. The number of guanidine groups is 1. The normalized spacial score (nSPS) is 21.6. The average Bonchev–Trinajstić information content (AvgIpc) is 2.53. The number of morpholine rings is 1. The maximum atomic E-state index is 11.8. The lowest BCUT2D eigenvalue weighted by Crippen LogP contribution is -2.45. The van der Waals surface area contributed by atoms with Crippen molar-refractivity contribution < 1.29 is 9.53 Å². The average molecular weight is 416 g/mol. The molecule has 7 heteroatoms. The van der Waals surface area contributed by atoms with Gasteiger partial charge in [-0.25, -0.2) is 0 Å². The third kappa shape index (κ3) is 3.89. The predicted octanol–water partition coefficient (Wildman–Crippen LogP) is 1.38. The molecule has 1 aromatic rings. The summed E-state index contributed by atoms with van der Waals surface area (Å²) in [5.74, 6) is 0.676.